The fraction of sp³-hybridized carbons (Fsp3) is 0.455. The van der Waals surface area contributed by atoms with Crippen LogP contribution in [0.3, 0.4) is 0 Å². The van der Waals surface area contributed by atoms with Gasteiger partial charge in [0.1, 0.15) is 0 Å². The number of rotatable bonds is 1. The molecule has 0 saturated carbocycles. The van der Waals surface area contributed by atoms with Crippen molar-refractivity contribution in [1.82, 2.24) is 5.32 Å². The number of hydrogen-bond acceptors (Lipinski definition) is 2. The first-order valence-corrected chi connectivity index (χ1v) is 4.95. The average Bonchev–Trinajstić information content (AvgIpc) is 2.39. The number of nitrogens with zero attached hydrogens (tertiary/aromatic N) is 1. The maximum absolute atomic E-state index is 3.43. The molecule has 0 saturated heterocycles. The van der Waals surface area contributed by atoms with Gasteiger partial charge in [0.15, 0.2) is 0 Å². The first-order chi connectivity index (χ1) is 6.42. The van der Waals surface area contributed by atoms with Crippen molar-refractivity contribution >= 4 is 5.69 Å². The summed E-state index contributed by atoms with van der Waals surface area (Å²) in [6, 6.07) is 8.65. The van der Waals surface area contributed by atoms with Crippen LogP contribution in [0.25, 0.3) is 0 Å². The average molecular weight is 176 g/mol. The number of fused-ring (bicyclic) bond motifs is 1. The molecule has 2 heteroatoms. The van der Waals surface area contributed by atoms with Gasteiger partial charge >= 0.3 is 0 Å². The second kappa shape index (κ2) is 3.79. The molecule has 2 rings (SSSR count). The van der Waals surface area contributed by atoms with Crippen molar-refractivity contribution in [2.75, 3.05) is 24.5 Å². The van der Waals surface area contributed by atoms with Crippen LogP contribution in [0.4, 0.5) is 5.69 Å². The minimum absolute atomic E-state index is 1.01. The summed E-state index contributed by atoms with van der Waals surface area (Å²) in [5.41, 5.74) is 2.82. The molecule has 1 aliphatic rings. The molecule has 0 amide bonds. The van der Waals surface area contributed by atoms with E-state index in [1.165, 1.54) is 11.3 Å². The Balaban J connectivity index is 2.35. The lowest BCUT2D eigenvalue weighted by molar-refractivity contribution is 0.695. The molecular formula is C11H16N2. The minimum atomic E-state index is 1.01. The lowest BCUT2D eigenvalue weighted by Crippen LogP contribution is -2.28. The van der Waals surface area contributed by atoms with Gasteiger partial charge in [0.05, 0.1) is 0 Å². The summed E-state index contributed by atoms with van der Waals surface area (Å²) in [6.07, 6.45) is 0. The highest BCUT2D eigenvalue weighted by atomic mass is 15.2. The zero-order valence-electron chi connectivity index (χ0n) is 8.09. The number of anilines is 1. The second-order valence-corrected chi connectivity index (χ2v) is 3.39. The van der Waals surface area contributed by atoms with Gasteiger partial charge in [-0.2, -0.15) is 0 Å². The topological polar surface area (TPSA) is 15.3 Å². The van der Waals surface area contributed by atoms with Crippen LogP contribution in [0.5, 0.6) is 0 Å². The van der Waals surface area contributed by atoms with Crippen LogP contribution in [-0.4, -0.2) is 19.6 Å². The van der Waals surface area contributed by atoms with E-state index in [9.17, 15) is 0 Å². The number of hydrogen-bond donors (Lipinski definition) is 1. The molecule has 1 aromatic rings. The summed E-state index contributed by atoms with van der Waals surface area (Å²) >= 11 is 0. The smallest absolute Gasteiger partial charge is 0.0412 e. The van der Waals surface area contributed by atoms with Gasteiger partial charge in [-0.1, -0.05) is 18.2 Å². The fourth-order valence-corrected chi connectivity index (χ4v) is 1.85. The molecule has 13 heavy (non-hydrogen) atoms. The molecule has 1 aliphatic heterocycles. The molecule has 1 aromatic carbocycles. The Kier molecular flexibility index (Phi) is 2.50. The summed E-state index contributed by atoms with van der Waals surface area (Å²) in [6.45, 7) is 6.52. The lowest BCUT2D eigenvalue weighted by atomic mass is 10.1. The molecule has 0 atom stereocenters. The summed E-state index contributed by atoms with van der Waals surface area (Å²) in [5, 5.41) is 3.43. The number of para-hydroxylation sites is 1. The predicted molar refractivity (Wildman–Crippen MR) is 56.0 cm³/mol. The second-order valence-electron chi connectivity index (χ2n) is 3.39. The molecule has 0 radical (unpaired) electrons. The van der Waals surface area contributed by atoms with E-state index < -0.39 is 0 Å². The van der Waals surface area contributed by atoms with Crippen molar-refractivity contribution in [3.63, 3.8) is 0 Å². The van der Waals surface area contributed by atoms with Crippen LogP contribution in [0.15, 0.2) is 24.3 Å². The third kappa shape index (κ3) is 1.68. The molecule has 70 valence electrons. The molecular weight excluding hydrogens is 160 g/mol. The van der Waals surface area contributed by atoms with E-state index >= 15 is 0 Å². The molecule has 0 fully saturated rings. The maximum atomic E-state index is 3.43. The largest absolute Gasteiger partial charge is 0.370 e. The molecule has 0 unspecified atom stereocenters. The van der Waals surface area contributed by atoms with E-state index in [0.29, 0.717) is 0 Å². The highest BCUT2D eigenvalue weighted by Crippen LogP contribution is 2.21. The zero-order valence-corrected chi connectivity index (χ0v) is 8.09. The monoisotopic (exact) mass is 176 g/mol. The first kappa shape index (κ1) is 8.57. The van der Waals surface area contributed by atoms with E-state index in [-0.39, 0.29) is 0 Å². The van der Waals surface area contributed by atoms with Crippen molar-refractivity contribution in [1.29, 1.82) is 0 Å². The Bertz CT molecular complexity index is 283. The van der Waals surface area contributed by atoms with Crippen molar-refractivity contribution in [3.05, 3.63) is 29.8 Å². The standard InChI is InChI=1S/C11H16N2/c1-2-13-8-7-12-9-10-5-3-4-6-11(10)13/h3-6,12H,2,7-9H2,1H3. The van der Waals surface area contributed by atoms with Gasteiger partial charge in [-0.3, -0.25) is 0 Å². The SMILES string of the molecule is CCN1CCNCc2ccccc21. The molecule has 0 bridgehead atoms. The molecule has 1 heterocycles. The normalized spacial score (nSPS) is 16.5. The molecule has 0 aromatic heterocycles. The fourth-order valence-electron chi connectivity index (χ4n) is 1.85. The minimum Gasteiger partial charge on any atom is -0.370 e. The Morgan fingerprint density at radius 3 is 3.08 bits per heavy atom. The molecule has 0 aliphatic carbocycles. The van der Waals surface area contributed by atoms with Gasteiger partial charge in [0, 0.05) is 31.9 Å². The van der Waals surface area contributed by atoms with Crippen LogP contribution in [0.1, 0.15) is 12.5 Å². The number of nitrogens with one attached hydrogen (secondary N) is 1. The highest BCUT2D eigenvalue weighted by molar-refractivity contribution is 5.54. The van der Waals surface area contributed by atoms with Crippen LogP contribution in [0, 0.1) is 0 Å². The van der Waals surface area contributed by atoms with Crippen molar-refractivity contribution in [3.8, 4) is 0 Å². The van der Waals surface area contributed by atoms with Crippen LogP contribution < -0.4 is 10.2 Å². The molecule has 1 N–H and O–H groups in total. The van der Waals surface area contributed by atoms with E-state index in [1.54, 1.807) is 0 Å². The van der Waals surface area contributed by atoms with Crippen molar-refractivity contribution in [2.45, 2.75) is 13.5 Å². The first-order valence-electron chi connectivity index (χ1n) is 4.95. The number of benzene rings is 1. The summed E-state index contributed by atoms with van der Waals surface area (Å²) in [4.78, 5) is 2.43. The lowest BCUT2D eigenvalue weighted by Gasteiger charge is -2.22. The third-order valence-corrected chi connectivity index (χ3v) is 2.59. The highest BCUT2D eigenvalue weighted by Gasteiger charge is 2.11. The Morgan fingerprint density at radius 1 is 1.38 bits per heavy atom. The Labute approximate surface area is 79.6 Å². The maximum Gasteiger partial charge on any atom is 0.0412 e. The zero-order chi connectivity index (χ0) is 9.10. The van der Waals surface area contributed by atoms with Crippen molar-refractivity contribution in [2.24, 2.45) is 0 Å². The summed E-state index contributed by atoms with van der Waals surface area (Å²) in [5.74, 6) is 0. The summed E-state index contributed by atoms with van der Waals surface area (Å²) in [7, 11) is 0. The van der Waals surface area contributed by atoms with Gasteiger partial charge < -0.3 is 10.2 Å². The van der Waals surface area contributed by atoms with Gasteiger partial charge in [-0.05, 0) is 18.6 Å². The van der Waals surface area contributed by atoms with Crippen LogP contribution >= 0.6 is 0 Å². The van der Waals surface area contributed by atoms with Gasteiger partial charge in [-0.15, -0.1) is 0 Å². The van der Waals surface area contributed by atoms with Gasteiger partial charge in [0.25, 0.3) is 0 Å². The molecule has 0 spiro atoms. The van der Waals surface area contributed by atoms with Gasteiger partial charge in [0.2, 0.25) is 0 Å². The Morgan fingerprint density at radius 2 is 2.23 bits per heavy atom. The number of likely N-dealkylation sites (N-methyl/N-ethyl adjacent to an activating group) is 1. The predicted octanol–water partition coefficient (Wildman–Crippen LogP) is 1.62. The van der Waals surface area contributed by atoms with Crippen LogP contribution in [0.2, 0.25) is 0 Å². The van der Waals surface area contributed by atoms with E-state index in [1.807, 2.05) is 0 Å². The Hall–Kier alpha value is -1.02. The summed E-state index contributed by atoms with van der Waals surface area (Å²) < 4.78 is 0. The third-order valence-electron chi connectivity index (χ3n) is 2.59. The molecule has 2 nitrogen and oxygen atoms in total. The van der Waals surface area contributed by atoms with Gasteiger partial charge in [-0.25, -0.2) is 0 Å². The van der Waals surface area contributed by atoms with E-state index in [2.05, 4.69) is 41.4 Å². The van der Waals surface area contributed by atoms with E-state index in [4.69, 9.17) is 0 Å². The van der Waals surface area contributed by atoms with Crippen LogP contribution in [-0.2, 0) is 6.54 Å². The van der Waals surface area contributed by atoms with Crippen molar-refractivity contribution < 1.29 is 0 Å². The van der Waals surface area contributed by atoms with E-state index in [0.717, 1.165) is 26.2 Å². The quantitative estimate of drug-likeness (QED) is 0.699.